The first-order chi connectivity index (χ1) is 18.1. The van der Waals surface area contributed by atoms with E-state index in [1.807, 2.05) is 48.5 Å². The Morgan fingerprint density at radius 1 is 1.03 bits per heavy atom. The van der Waals surface area contributed by atoms with Crippen molar-refractivity contribution < 1.29 is 9.53 Å². The number of anilines is 3. The highest BCUT2D eigenvalue weighted by molar-refractivity contribution is 6.31. The smallest absolute Gasteiger partial charge is 0.300 e. The summed E-state index contributed by atoms with van der Waals surface area (Å²) in [7, 11) is 0. The Morgan fingerprint density at radius 3 is 2.70 bits per heavy atom. The average molecular weight is 513 g/mol. The van der Waals surface area contributed by atoms with Gasteiger partial charge in [-0.25, -0.2) is 9.97 Å². The van der Waals surface area contributed by atoms with Gasteiger partial charge in [-0.3, -0.25) is 14.7 Å². The van der Waals surface area contributed by atoms with Gasteiger partial charge in [0, 0.05) is 53.2 Å². The third-order valence-corrected chi connectivity index (χ3v) is 6.27. The molecule has 0 bridgehead atoms. The summed E-state index contributed by atoms with van der Waals surface area (Å²) in [5.74, 6) is 5.84. The summed E-state index contributed by atoms with van der Waals surface area (Å²) in [4.78, 5) is 27.7. The van der Waals surface area contributed by atoms with Crippen LogP contribution in [-0.4, -0.2) is 58.6 Å². The van der Waals surface area contributed by atoms with Crippen LogP contribution in [0.4, 0.5) is 17.2 Å². The SMILES string of the molecule is O=C(C#CCN1CCOCC1)Nc1ccc2ncnc(Nc3ccc(Cc4ccccn4)c(Cl)c3)c2c1. The molecule has 1 aliphatic heterocycles. The van der Waals surface area contributed by atoms with Crippen molar-refractivity contribution in [2.24, 2.45) is 0 Å². The zero-order valence-electron chi connectivity index (χ0n) is 20.1. The lowest BCUT2D eigenvalue weighted by molar-refractivity contribution is -0.111. The molecule has 4 aromatic rings. The highest BCUT2D eigenvalue weighted by Crippen LogP contribution is 2.28. The van der Waals surface area contributed by atoms with Crippen LogP contribution in [0.3, 0.4) is 0 Å². The van der Waals surface area contributed by atoms with Crippen molar-refractivity contribution in [3.63, 3.8) is 0 Å². The Hall–Kier alpha value is -4.03. The first-order valence-corrected chi connectivity index (χ1v) is 12.3. The fourth-order valence-corrected chi connectivity index (χ4v) is 4.24. The first kappa shape index (κ1) is 24.7. The van der Waals surface area contributed by atoms with Crippen molar-refractivity contribution in [2.45, 2.75) is 6.42 Å². The monoisotopic (exact) mass is 512 g/mol. The van der Waals surface area contributed by atoms with Gasteiger partial charge in [0.05, 0.1) is 25.3 Å². The molecular formula is C28H25ClN6O2. The van der Waals surface area contributed by atoms with Crippen LogP contribution < -0.4 is 10.6 Å². The standard InChI is InChI=1S/C28H25ClN6O2/c29-25-18-23(7-6-20(25)16-21-4-1-2-10-30-21)34-28-24-17-22(8-9-26(24)31-19-32-28)33-27(36)5-3-11-35-12-14-37-15-13-35/h1-2,4,6-10,17-19H,11-16H2,(H,33,36)(H,31,32,34). The van der Waals surface area contributed by atoms with Gasteiger partial charge in [0.15, 0.2) is 0 Å². The van der Waals surface area contributed by atoms with E-state index in [0.717, 1.165) is 40.9 Å². The number of hydrogen-bond donors (Lipinski definition) is 2. The summed E-state index contributed by atoms with van der Waals surface area (Å²) in [6.07, 6.45) is 3.92. The maximum Gasteiger partial charge on any atom is 0.300 e. The van der Waals surface area contributed by atoms with E-state index in [4.69, 9.17) is 16.3 Å². The van der Waals surface area contributed by atoms with E-state index in [9.17, 15) is 4.79 Å². The lowest BCUT2D eigenvalue weighted by Crippen LogP contribution is -2.36. The molecule has 0 spiro atoms. The molecule has 0 atom stereocenters. The number of nitrogens with one attached hydrogen (secondary N) is 2. The zero-order valence-corrected chi connectivity index (χ0v) is 20.8. The lowest BCUT2D eigenvalue weighted by Gasteiger charge is -2.24. The molecular weight excluding hydrogens is 488 g/mol. The molecule has 2 aromatic heterocycles. The number of carbonyl (C=O) groups excluding carboxylic acids is 1. The van der Waals surface area contributed by atoms with Crippen LogP contribution in [0.1, 0.15) is 11.3 Å². The Kier molecular flexibility index (Phi) is 7.87. The summed E-state index contributed by atoms with van der Waals surface area (Å²) in [5.41, 5.74) is 4.08. The van der Waals surface area contributed by atoms with Gasteiger partial charge in [-0.2, -0.15) is 0 Å². The second-order valence-electron chi connectivity index (χ2n) is 8.53. The number of ether oxygens (including phenoxy) is 1. The molecule has 8 nitrogen and oxygen atoms in total. The van der Waals surface area contributed by atoms with E-state index >= 15 is 0 Å². The highest BCUT2D eigenvalue weighted by Gasteiger charge is 2.10. The molecule has 5 rings (SSSR count). The van der Waals surface area contributed by atoms with Gasteiger partial charge in [-0.15, -0.1) is 0 Å². The highest BCUT2D eigenvalue weighted by atomic mass is 35.5. The molecule has 0 unspecified atom stereocenters. The molecule has 9 heteroatoms. The molecule has 3 heterocycles. The Labute approximate surface area is 220 Å². The molecule has 0 aliphatic carbocycles. The van der Waals surface area contributed by atoms with Crippen molar-refractivity contribution >= 4 is 45.6 Å². The molecule has 2 N–H and O–H groups in total. The molecule has 0 saturated carbocycles. The third kappa shape index (κ3) is 6.60. The van der Waals surface area contributed by atoms with Gasteiger partial charge in [0.2, 0.25) is 0 Å². The van der Waals surface area contributed by atoms with Crippen molar-refractivity contribution in [1.82, 2.24) is 19.9 Å². The molecule has 1 saturated heterocycles. The maximum atomic E-state index is 12.4. The van der Waals surface area contributed by atoms with Crippen LogP contribution in [0.25, 0.3) is 10.9 Å². The van der Waals surface area contributed by atoms with Crippen LogP contribution >= 0.6 is 11.6 Å². The number of pyridine rings is 1. The van der Waals surface area contributed by atoms with Gasteiger partial charge in [0.1, 0.15) is 12.1 Å². The fraction of sp³-hybridized carbons (Fsp3) is 0.214. The van der Waals surface area contributed by atoms with Crippen molar-refractivity contribution in [2.75, 3.05) is 43.5 Å². The number of benzene rings is 2. The van der Waals surface area contributed by atoms with E-state index in [1.165, 1.54) is 6.33 Å². The Bertz CT molecular complexity index is 1460. The van der Waals surface area contributed by atoms with Crippen LogP contribution in [0.5, 0.6) is 0 Å². The number of morpholine rings is 1. The number of hydrogen-bond acceptors (Lipinski definition) is 7. The Balaban J connectivity index is 1.28. The van der Waals surface area contributed by atoms with Gasteiger partial charge < -0.3 is 15.4 Å². The number of carbonyl (C=O) groups is 1. The van der Waals surface area contributed by atoms with Gasteiger partial charge in [0.25, 0.3) is 5.91 Å². The average Bonchev–Trinajstić information content (AvgIpc) is 2.92. The number of halogens is 1. The van der Waals surface area contributed by atoms with E-state index < -0.39 is 0 Å². The molecule has 1 fully saturated rings. The quantitative estimate of drug-likeness (QED) is 0.372. The van der Waals surface area contributed by atoms with Crippen LogP contribution in [0.2, 0.25) is 5.02 Å². The van der Waals surface area contributed by atoms with Gasteiger partial charge in [-0.1, -0.05) is 29.7 Å². The predicted octanol–water partition coefficient (Wildman–Crippen LogP) is 4.29. The second kappa shape index (κ2) is 11.8. The number of amides is 1. The largest absolute Gasteiger partial charge is 0.379 e. The molecule has 0 radical (unpaired) electrons. The van der Waals surface area contributed by atoms with E-state index in [2.05, 4.69) is 42.3 Å². The van der Waals surface area contributed by atoms with E-state index in [0.29, 0.717) is 42.7 Å². The number of rotatable bonds is 6. The second-order valence-corrected chi connectivity index (χ2v) is 8.93. The van der Waals surface area contributed by atoms with E-state index in [-0.39, 0.29) is 5.91 Å². The summed E-state index contributed by atoms with van der Waals surface area (Å²) < 4.78 is 5.33. The molecule has 2 aromatic carbocycles. The van der Waals surface area contributed by atoms with Crippen molar-refractivity contribution in [1.29, 1.82) is 0 Å². The van der Waals surface area contributed by atoms with Crippen molar-refractivity contribution in [3.05, 3.63) is 83.4 Å². The summed E-state index contributed by atoms with van der Waals surface area (Å²) in [6, 6.07) is 17.1. The van der Waals surface area contributed by atoms with Crippen LogP contribution in [0, 0.1) is 11.8 Å². The minimum Gasteiger partial charge on any atom is -0.379 e. The predicted molar refractivity (Wildman–Crippen MR) is 145 cm³/mol. The summed E-state index contributed by atoms with van der Waals surface area (Å²) in [6.45, 7) is 3.60. The zero-order chi connectivity index (χ0) is 25.5. The fourth-order valence-electron chi connectivity index (χ4n) is 3.99. The van der Waals surface area contributed by atoms with Crippen LogP contribution in [-0.2, 0) is 16.0 Å². The molecule has 1 amide bonds. The number of fused-ring (bicyclic) bond motifs is 1. The van der Waals surface area contributed by atoms with Crippen LogP contribution in [0.15, 0.2) is 67.1 Å². The molecule has 37 heavy (non-hydrogen) atoms. The normalized spacial score (nSPS) is 13.5. The molecule has 1 aliphatic rings. The van der Waals surface area contributed by atoms with Crippen molar-refractivity contribution in [3.8, 4) is 11.8 Å². The first-order valence-electron chi connectivity index (χ1n) is 11.9. The molecule has 186 valence electrons. The number of aromatic nitrogens is 3. The minimum absolute atomic E-state index is 0.366. The summed E-state index contributed by atoms with van der Waals surface area (Å²) in [5, 5.41) is 7.56. The summed E-state index contributed by atoms with van der Waals surface area (Å²) >= 11 is 6.57. The number of nitrogens with zero attached hydrogens (tertiary/aromatic N) is 4. The topological polar surface area (TPSA) is 92.3 Å². The lowest BCUT2D eigenvalue weighted by atomic mass is 10.1. The maximum absolute atomic E-state index is 12.4. The van der Waals surface area contributed by atoms with E-state index in [1.54, 1.807) is 12.3 Å². The minimum atomic E-state index is -0.366. The Morgan fingerprint density at radius 2 is 1.89 bits per heavy atom. The van der Waals surface area contributed by atoms with Gasteiger partial charge >= 0.3 is 0 Å². The van der Waals surface area contributed by atoms with Gasteiger partial charge in [-0.05, 0) is 53.9 Å². The third-order valence-electron chi connectivity index (χ3n) is 5.92.